The second-order valence-electron chi connectivity index (χ2n) is 6.32. The zero-order valence-electron chi connectivity index (χ0n) is 15.7. The number of nitrogens with zero attached hydrogens (tertiary/aromatic N) is 2. The van der Waals surface area contributed by atoms with E-state index in [0.29, 0.717) is 12.5 Å². The lowest BCUT2D eigenvalue weighted by atomic mass is 10.2. The number of rotatable bonds is 6. The highest BCUT2D eigenvalue weighted by Crippen LogP contribution is 2.23. The van der Waals surface area contributed by atoms with E-state index in [1.54, 1.807) is 14.1 Å². The molecule has 0 aliphatic heterocycles. The van der Waals surface area contributed by atoms with Crippen molar-refractivity contribution in [3.63, 3.8) is 0 Å². The van der Waals surface area contributed by atoms with Crippen LogP contribution in [0.4, 0.5) is 0 Å². The van der Waals surface area contributed by atoms with Gasteiger partial charge in [0.1, 0.15) is 17.9 Å². The second-order valence-corrected chi connectivity index (χ2v) is 6.32. The van der Waals surface area contributed by atoms with Crippen LogP contribution in [0.5, 0.6) is 0 Å². The second kappa shape index (κ2) is 10.2. The standard InChI is InChI=1S/C19H26N4O2.HI/c1-13(2)11-20-19(21-12-18(24)23(4)5)22-14(3)17-10-15-8-6-7-9-16(15)25-17;/h6-10,14H,1,11-12H2,2-5H3,(H2,20,21,22);1H. The predicted octanol–water partition coefficient (Wildman–Crippen LogP) is 3.31. The molecule has 0 radical (unpaired) electrons. The van der Waals surface area contributed by atoms with Crippen LogP contribution in [0, 0.1) is 0 Å². The third kappa shape index (κ3) is 6.36. The summed E-state index contributed by atoms with van der Waals surface area (Å²) in [5, 5.41) is 7.51. The summed E-state index contributed by atoms with van der Waals surface area (Å²) in [5.41, 5.74) is 1.83. The van der Waals surface area contributed by atoms with Crippen molar-refractivity contribution in [2.75, 3.05) is 27.2 Å². The molecular weight excluding hydrogens is 443 g/mol. The van der Waals surface area contributed by atoms with Gasteiger partial charge < -0.3 is 20.0 Å². The Balaban J connectivity index is 0.00000338. The van der Waals surface area contributed by atoms with Crippen LogP contribution in [0.25, 0.3) is 11.0 Å². The Hall–Kier alpha value is -2.03. The number of guanidine groups is 1. The van der Waals surface area contributed by atoms with Crippen LogP contribution >= 0.6 is 24.0 Å². The van der Waals surface area contributed by atoms with Crippen molar-refractivity contribution < 1.29 is 9.21 Å². The van der Waals surface area contributed by atoms with Crippen LogP contribution in [0.2, 0.25) is 0 Å². The highest BCUT2D eigenvalue weighted by atomic mass is 127. The number of furan rings is 1. The maximum atomic E-state index is 11.8. The number of nitrogens with one attached hydrogen (secondary N) is 2. The van der Waals surface area contributed by atoms with Crippen molar-refractivity contribution in [3.8, 4) is 0 Å². The fourth-order valence-corrected chi connectivity index (χ4v) is 2.17. The first kappa shape index (κ1) is 22.0. The molecule has 2 aromatic rings. The van der Waals surface area contributed by atoms with E-state index < -0.39 is 0 Å². The summed E-state index contributed by atoms with van der Waals surface area (Å²) in [6.07, 6.45) is 0. The molecule has 26 heavy (non-hydrogen) atoms. The molecule has 1 aromatic carbocycles. The van der Waals surface area contributed by atoms with E-state index in [-0.39, 0.29) is 42.5 Å². The van der Waals surface area contributed by atoms with Gasteiger partial charge in [0.25, 0.3) is 0 Å². The minimum Gasteiger partial charge on any atom is -0.459 e. The van der Waals surface area contributed by atoms with Gasteiger partial charge in [0.2, 0.25) is 5.91 Å². The number of halogens is 1. The molecule has 0 saturated carbocycles. The first-order valence-electron chi connectivity index (χ1n) is 8.24. The topological polar surface area (TPSA) is 69.9 Å². The Labute approximate surface area is 171 Å². The summed E-state index contributed by atoms with van der Waals surface area (Å²) in [4.78, 5) is 17.7. The Morgan fingerprint density at radius 3 is 2.65 bits per heavy atom. The summed E-state index contributed by atoms with van der Waals surface area (Å²) in [6.45, 7) is 8.45. The number of carbonyl (C=O) groups is 1. The lowest BCUT2D eigenvalue weighted by molar-refractivity contribution is -0.127. The molecule has 1 atom stereocenters. The van der Waals surface area contributed by atoms with Crippen molar-refractivity contribution in [1.29, 1.82) is 0 Å². The van der Waals surface area contributed by atoms with E-state index in [1.165, 1.54) is 4.90 Å². The van der Waals surface area contributed by atoms with Gasteiger partial charge in [-0.15, -0.1) is 24.0 Å². The average molecular weight is 470 g/mol. The third-order valence-corrected chi connectivity index (χ3v) is 3.65. The van der Waals surface area contributed by atoms with E-state index in [9.17, 15) is 4.79 Å². The zero-order valence-corrected chi connectivity index (χ0v) is 18.0. The SMILES string of the molecule is C=C(C)CNC(=NCC(=O)N(C)C)NC(C)c1cc2ccccc2o1.I. The summed E-state index contributed by atoms with van der Waals surface area (Å²) in [7, 11) is 3.42. The summed E-state index contributed by atoms with van der Waals surface area (Å²) < 4.78 is 5.88. The number of para-hydroxylation sites is 1. The molecule has 1 amide bonds. The highest BCUT2D eigenvalue weighted by Gasteiger charge is 2.13. The van der Waals surface area contributed by atoms with Gasteiger partial charge in [0.05, 0.1) is 6.04 Å². The molecule has 0 spiro atoms. The molecule has 1 unspecified atom stereocenters. The van der Waals surface area contributed by atoms with E-state index >= 15 is 0 Å². The van der Waals surface area contributed by atoms with Crippen molar-refractivity contribution in [1.82, 2.24) is 15.5 Å². The third-order valence-electron chi connectivity index (χ3n) is 3.65. The van der Waals surface area contributed by atoms with Crippen LogP contribution in [-0.2, 0) is 4.79 Å². The van der Waals surface area contributed by atoms with Gasteiger partial charge in [0, 0.05) is 26.0 Å². The van der Waals surface area contributed by atoms with E-state index in [1.807, 2.05) is 44.2 Å². The number of amides is 1. The zero-order chi connectivity index (χ0) is 18.4. The molecule has 0 bridgehead atoms. The molecule has 0 aliphatic carbocycles. The van der Waals surface area contributed by atoms with E-state index in [0.717, 1.165) is 22.3 Å². The van der Waals surface area contributed by atoms with Crippen LogP contribution < -0.4 is 10.6 Å². The molecular formula is C19H27IN4O2. The molecule has 6 nitrogen and oxygen atoms in total. The molecule has 0 fully saturated rings. The highest BCUT2D eigenvalue weighted by molar-refractivity contribution is 14.0. The number of aliphatic imine (C=N–C) groups is 1. The van der Waals surface area contributed by atoms with Gasteiger partial charge in [-0.3, -0.25) is 4.79 Å². The van der Waals surface area contributed by atoms with Crippen molar-refractivity contribution in [2.45, 2.75) is 19.9 Å². The Morgan fingerprint density at radius 1 is 1.35 bits per heavy atom. The summed E-state index contributed by atoms with van der Waals surface area (Å²) in [6, 6.07) is 9.79. The summed E-state index contributed by atoms with van der Waals surface area (Å²) >= 11 is 0. The Kier molecular flexibility index (Phi) is 8.64. The largest absolute Gasteiger partial charge is 0.459 e. The maximum absolute atomic E-state index is 11.8. The van der Waals surface area contributed by atoms with Crippen LogP contribution in [0.15, 0.2) is 51.9 Å². The van der Waals surface area contributed by atoms with Crippen molar-refractivity contribution in [3.05, 3.63) is 48.2 Å². The monoisotopic (exact) mass is 470 g/mol. The average Bonchev–Trinajstić information content (AvgIpc) is 3.00. The minimum absolute atomic E-state index is 0. The van der Waals surface area contributed by atoms with E-state index in [2.05, 4.69) is 22.2 Å². The Morgan fingerprint density at radius 2 is 2.04 bits per heavy atom. The van der Waals surface area contributed by atoms with Crippen molar-refractivity contribution in [2.24, 2.45) is 4.99 Å². The van der Waals surface area contributed by atoms with Gasteiger partial charge in [-0.1, -0.05) is 30.4 Å². The van der Waals surface area contributed by atoms with Gasteiger partial charge in [-0.2, -0.15) is 0 Å². The van der Waals surface area contributed by atoms with Gasteiger partial charge in [-0.05, 0) is 26.0 Å². The van der Waals surface area contributed by atoms with E-state index in [4.69, 9.17) is 4.42 Å². The molecule has 2 rings (SSSR count). The number of hydrogen-bond acceptors (Lipinski definition) is 3. The first-order chi connectivity index (χ1) is 11.9. The molecule has 0 saturated heterocycles. The maximum Gasteiger partial charge on any atom is 0.243 e. The van der Waals surface area contributed by atoms with Crippen LogP contribution in [0.3, 0.4) is 0 Å². The molecule has 1 aromatic heterocycles. The summed E-state index contributed by atoms with van der Waals surface area (Å²) in [5.74, 6) is 1.30. The van der Waals surface area contributed by atoms with Gasteiger partial charge in [0.15, 0.2) is 5.96 Å². The van der Waals surface area contributed by atoms with Crippen LogP contribution in [0.1, 0.15) is 25.6 Å². The van der Waals surface area contributed by atoms with Crippen LogP contribution in [-0.4, -0.2) is 44.0 Å². The van der Waals surface area contributed by atoms with Gasteiger partial charge >= 0.3 is 0 Å². The molecule has 2 N–H and O–H groups in total. The quantitative estimate of drug-likeness (QED) is 0.294. The van der Waals surface area contributed by atoms with Crippen molar-refractivity contribution >= 4 is 46.8 Å². The normalized spacial score (nSPS) is 12.2. The Bertz CT molecular complexity index is 750. The molecule has 7 heteroatoms. The number of carbonyl (C=O) groups excluding carboxylic acids is 1. The number of benzene rings is 1. The molecule has 1 heterocycles. The fourth-order valence-electron chi connectivity index (χ4n) is 2.17. The molecule has 0 aliphatic rings. The fraction of sp³-hybridized carbons (Fsp3) is 0.368. The number of hydrogen-bond donors (Lipinski definition) is 2. The number of likely N-dealkylation sites (N-methyl/N-ethyl adjacent to an activating group) is 1. The lowest BCUT2D eigenvalue weighted by Gasteiger charge is -2.17. The predicted molar refractivity (Wildman–Crippen MR) is 117 cm³/mol. The first-order valence-corrected chi connectivity index (χ1v) is 8.24. The van der Waals surface area contributed by atoms with Gasteiger partial charge in [-0.25, -0.2) is 4.99 Å². The lowest BCUT2D eigenvalue weighted by Crippen LogP contribution is -2.40. The smallest absolute Gasteiger partial charge is 0.243 e. The molecule has 142 valence electrons. The minimum atomic E-state index is -0.0989. The number of fused-ring (bicyclic) bond motifs is 1.